The van der Waals surface area contributed by atoms with E-state index in [-0.39, 0.29) is 6.23 Å². The van der Waals surface area contributed by atoms with Crippen LogP contribution >= 0.6 is 0 Å². The molecule has 1 saturated heterocycles. The molecule has 5 heteroatoms. The molecule has 12 heavy (non-hydrogen) atoms. The minimum absolute atomic E-state index is 0.264. The van der Waals surface area contributed by atoms with Gasteiger partial charge >= 0.3 is 6.09 Å². The van der Waals surface area contributed by atoms with Gasteiger partial charge in [-0.05, 0) is 13.0 Å². The largest absolute Gasteiger partial charge is 0.453 e. The van der Waals surface area contributed by atoms with E-state index in [0.29, 0.717) is 13.2 Å². The number of ether oxygens (including phenoxy) is 2. The molecule has 70 valence electrons. The summed E-state index contributed by atoms with van der Waals surface area (Å²) in [6, 6.07) is 0. The molecule has 0 aromatic carbocycles. The zero-order chi connectivity index (χ0) is 8.81. The average molecular weight is 174 g/mol. The van der Waals surface area contributed by atoms with Crippen molar-refractivity contribution < 1.29 is 14.3 Å². The fourth-order valence-electron chi connectivity index (χ4n) is 0.998. The second-order valence-electron chi connectivity index (χ2n) is 2.55. The molecule has 0 saturated carbocycles. The predicted octanol–water partition coefficient (Wildman–Crippen LogP) is -0.322. The first-order valence-electron chi connectivity index (χ1n) is 3.99. The van der Waals surface area contributed by atoms with Crippen LogP contribution in [0.2, 0.25) is 0 Å². The van der Waals surface area contributed by atoms with Crippen LogP contribution in [0.1, 0.15) is 6.42 Å². The SMILES string of the molecule is COC(=O)NC1CNCCCO1. The highest BCUT2D eigenvalue weighted by Crippen LogP contribution is 1.94. The molecule has 0 radical (unpaired) electrons. The number of hydrogen-bond acceptors (Lipinski definition) is 4. The Balaban J connectivity index is 2.24. The summed E-state index contributed by atoms with van der Waals surface area (Å²) in [6.45, 7) is 2.23. The Hall–Kier alpha value is -0.810. The molecule has 2 N–H and O–H groups in total. The van der Waals surface area contributed by atoms with Gasteiger partial charge in [0.2, 0.25) is 0 Å². The maximum Gasteiger partial charge on any atom is 0.408 e. The zero-order valence-corrected chi connectivity index (χ0v) is 7.13. The lowest BCUT2D eigenvalue weighted by molar-refractivity contribution is 0.0410. The summed E-state index contributed by atoms with van der Waals surface area (Å²) in [6.07, 6.45) is 0.253. The molecule has 1 atom stereocenters. The summed E-state index contributed by atoms with van der Waals surface area (Å²) < 4.78 is 9.74. The Morgan fingerprint density at radius 3 is 3.33 bits per heavy atom. The highest BCUT2D eigenvalue weighted by atomic mass is 16.6. The molecule has 0 spiro atoms. The topological polar surface area (TPSA) is 59.6 Å². The Morgan fingerprint density at radius 1 is 1.75 bits per heavy atom. The van der Waals surface area contributed by atoms with Crippen molar-refractivity contribution in [2.45, 2.75) is 12.6 Å². The third kappa shape index (κ3) is 3.06. The molecule has 1 fully saturated rings. The maximum atomic E-state index is 10.8. The van der Waals surface area contributed by atoms with Crippen molar-refractivity contribution in [1.29, 1.82) is 0 Å². The van der Waals surface area contributed by atoms with Crippen LogP contribution in [-0.2, 0) is 9.47 Å². The van der Waals surface area contributed by atoms with Gasteiger partial charge < -0.3 is 14.8 Å². The molecule has 1 rings (SSSR count). The first-order valence-corrected chi connectivity index (χ1v) is 3.99. The van der Waals surface area contributed by atoms with Crippen molar-refractivity contribution in [2.75, 3.05) is 26.8 Å². The van der Waals surface area contributed by atoms with Crippen LogP contribution in [0.4, 0.5) is 4.79 Å². The van der Waals surface area contributed by atoms with Gasteiger partial charge in [-0.15, -0.1) is 0 Å². The van der Waals surface area contributed by atoms with Crippen molar-refractivity contribution in [3.8, 4) is 0 Å². The fraction of sp³-hybridized carbons (Fsp3) is 0.857. The summed E-state index contributed by atoms with van der Waals surface area (Å²) in [4.78, 5) is 10.8. The highest BCUT2D eigenvalue weighted by molar-refractivity contribution is 5.67. The molecule has 1 amide bonds. The summed E-state index contributed by atoms with van der Waals surface area (Å²) in [7, 11) is 1.33. The van der Waals surface area contributed by atoms with Crippen LogP contribution in [0, 0.1) is 0 Å². The van der Waals surface area contributed by atoms with E-state index in [1.807, 2.05) is 0 Å². The van der Waals surface area contributed by atoms with Gasteiger partial charge in [-0.25, -0.2) is 4.79 Å². The normalized spacial score (nSPS) is 24.2. The number of nitrogens with one attached hydrogen (secondary N) is 2. The Kier molecular flexibility index (Phi) is 3.83. The number of carbonyl (C=O) groups excluding carboxylic acids is 1. The minimum atomic E-state index is -0.455. The lowest BCUT2D eigenvalue weighted by atomic mass is 10.5. The van der Waals surface area contributed by atoms with Crippen molar-refractivity contribution >= 4 is 6.09 Å². The summed E-state index contributed by atoms with van der Waals surface area (Å²) in [5.41, 5.74) is 0. The zero-order valence-electron chi connectivity index (χ0n) is 7.13. The minimum Gasteiger partial charge on any atom is -0.453 e. The van der Waals surface area contributed by atoms with E-state index in [1.54, 1.807) is 0 Å². The molecule has 0 aliphatic carbocycles. The molecule has 1 heterocycles. The number of rotatable bonds is 1. The van der Waals surface area contributed by atoms with E-state index in [4.69, 9.17) is 4.74 Å². The van der Waals surface area contributed by atoms with Gasteiger partial charge in [-0.1, -0.05) is 0 Å². The lowest BCUT2D eigenvalue weighted by Gasteiger charge is -2.15. The van der Waals surface area contributed by atoms with Crippen LogP contribution in [0.15, 0.2) is 0 Å². The summed E-state index contributed by atoms with van der Waals surface area (Å²) >= 11 is 0. The van der Waals surface area contributed by atoms with Crippen LogP contribution < -0.4 is 10.6 Å². The van der Waals surface area contributed by atoms with Gasteiger partial charge in [0.25, 0.3) is 0 Å². The van der Waals surface area contributed by atoms with E-state index in [9.17, 15) is 4.79 Å². The molecule has 1 aliphatic rings. The van der Waals surface area contributed by atoms with Gasteiger partial charge in [0.1, 0.15) is 6.23 Å². The van der Waals surface area contributed by atoms with Crippen molar-refractivity contribution in [1.82, 2.24) is 10.6 Å². The monoisotopic (exact) mass is 174 g/mol. The Labute approximate surface area is 71.4 Å². The Bertz CT molecular complexity index is 144. The molecule has 0 aromatic heterocycles. The van der Waals surface area contributed by atoms with Gasteiger partial charge in [0.15, 0.2) is 0 Å². The van der Waals surface area contributed by atoms with Crippen LogP contribution in [0.5, 0.6) is 0 Å². The lowest BCUT2D eigenvalue weighted by Crippen LogP contribution is -2.42. The van der Waals surface area contributed by atoms with E-state index >= 15 is 0 Å². The predicted molar refractivity (Wildman–Crippen MR) is 42.8 cm³/mol. The quantitative estimate of drug-likeness (QED) is 0.572. The molecular weight excluding hydrogens is 160 g/mol. The van der Waals surface area contributed by atoms with Gasteiger partial charge in [-0.2, -0.15) is 0 Å². The maximum absolute atomic E-state index is 10.8. The van der Waals surface area contributed by atoms with Gasteiger partial charge in [0, 0.05) is 6.54 Å². The number of carbonyl (C=O) groups is 1. The number of amides is 1. The van der Waals surface area contributed by atoms with Crippen molar-refractivity contribution in [3.05, 3.63) is 0 Å². The Morgan fingerprint density at radius 2 is 2.58 bits per heavy atom. The van der Waals surface area contributed by atoms with Crippen LogP contribution in [0.3, 0.4) is 0 Å². The third-order valence-electron chi connectivity index (χ3n) is 1.61. The van der Waals surface area contributed by atoms with Gasteiger partial charge in [-0.3, -0.25) is 5.32 Å². The standard InChI is InChI=1S/C7H14N2O3/c1-11-7(10)9-6-5-8-3-2-4-12-6/h6,8H,2-5H2,1H3,(H,9,10). The van der Waals surface area contributed by atoms with E-state index in [2.05, 4.69) is 15.4 Å². The molecule has 1 aliphatic heterocycles. The van der Waals surface area contributed by atoms with E-state index < -0.39 is 6.09 Å². The second-order valence-corrected chi connectivity index (χ2v) is 2.55. The summed E-state index contributed by atoms with van der Waals surface area (Å²) in [5.74, 6) is 0. The van der Waals surface area contributed by atoms with Crippen LogP contribution in [-0.4, -0.2) is 39.1 Å². The molecule has 0 bridgehead atoms. The van der Waals surface area contributed by atoms with Gasteiger partial charge in [0.05, 0.1) is 13.7 Å². The van der Waals surface area contributed by atoms with E-state index in [1.165, 1.54) is 7.11 Å². The third-order valence-corrected chi connectivity index (χ3v) is 1.61. The molecule has 5 nitrogen and oxygen atoms in total. The average Bonchev–Trinajstić information content (AvgIpc) is 2.33. The number of hydrogen-bond donors (Lipinski definition) is 2. The number of methoxy groups -OCH3 is 1. The first kappa shape index (κ1) is 9.28. The van der Waals surface area contributed by atoms with Crippen molar-refractivity contribution in [2.24, 2.45) is 0 Å². The smallest absolute Gasteiger partial charge is 0.408 e. The molecule has 1 unspecified atom stereocenters. The molecular formula is C7H14N2O3. The van der Waals surface area contributed by atoms with Crippen molar-refractivity contribution in [3.63, 3.8) is 0 Å². The molecule has 0 aromatic rings. The number of alkyl carbamates (subject to hydrolysis) is 1. The fourth-order valence-corrected chi connectivity index (χ4v) is 0.998. The van der Waals surface area contributed by atoms with Crippen LogP contribution in [0.25, 0.3) is 0 Å². The second kappa shape index (κ2) is 4.95. The highest BCUT2D eigenvalue weighted by Gasteiger charge is 2.14. The van der Waals surface area contributed by atoms with E-state index in [0.717, 1.165) is 13.0 Å². The summed E-state index contributed by atoms with van der Waals surface area (Å²) in [5, 5.41) is 5.69. The first-order chi connectivity index (χ1) is 5.83.